The first-order valence-corrected chi connectivity index (χ1v) is 8.12. The Balaban J connectivity index is 1.57. The molecule has 0 atom stereocenters. The summed E-state index contributed by atoms with van der Waals surface area (Å²) in [4.78, 5) is 27.0. The smallest absolute Gasteiger partial charge is 0.269 e. The summed E-state index contributed by atoms with van der Waals surface area (Å²) < 4.78 is 5.75. The van der Waals surface area contributed by atoms with E-state index in [1.54, 1.807) is 18.2 Å². The molecule has 0 radical (unpaired) electrons. The lowest BCUT2D eigenvalue weighted by atomic mass is 10.1. The van der Waals surface area contributed by atoms with Crippen molar-refractivity contribution in [2.75, 3.05) is 5.32 Å². The van der Waals surface area contributed by atoms with Gasteiger partial charge in [-0.15, -0.1) is 0 Å². The maximum atomic E-state index is 12.4. The number of benzene rings is 3. The number of amides is 1. The molecule has 0 unspecified atom stereocenters. The molecule has 0 saturated heterocycles. The molecule has 132 valence electrons. The van der Waals surface area contributed by atoms with E-state index in [9.17, 15) is 14.9 Å². The molecular weight excluding hydrogens is 346 g/mol. The number of fused-ring (bicyclic) bond motifs is 1. The van der Waals surface area contributed by atoms with Gasteiger partial charge in [0.1, 0.15) is 5.52 Å². The fraction of sp³-hybridized carbons (Fsp3) is 0. The van der Waals surface area contributed by atoms with Gasteiger partial charge in [0.15, 0.2) is 5.58 Å². The minimum absolute atomic E-state index is 0.0653. The monoisotopic (exact) mass is 359 g/mol. The van der Waals surface area contributed by atoms with Crippen LogP contribution in [0.25, 0.3) is 22.6 Å². The molecule has 7 nitrogen and oxygen atoms in total. The third-order valence-corrected chi connectivity index (χ3v) is 4.00. The quantitative estimate of drug-likeness (QED) is 0.422. The standard InChI is InChI=1S/C20H13N3O4/c24-19(13-8-10-16(11-9-13)23(25)26)21-15-5-3-4-14(12-15)20-22-17-6-1-2-7-18(17)27-20/h1-12H,(H,21,24). The van der Waals surface area contributed by atoms with Gasteiger partial charge in [0.05, 0.1) is 4.92 Å². The number of carbonyl (C=O) groups is 1. The predicted octanol–water partition coefficient (Wildman–Crippen LogP) is 4.66. The van der Waals surface area contributed by atoms with Gasteiger partial charge in [-0.3, -0.25) is 14.9 Å². The average Bonchev–Trinajstić information content (AvgIpc) is 3.12. The molecule has 1 amide bonds. The Morgan fingerprint density at radius 3 is 2.52 bits per heavy atom. The Bertz CT molecular complexity index is 1120. The highest BCUT2D eigenvalue weighted by atomic mass is 16.6. The summed E-state index contributed by atoms with van der Waals surface area (Å²) in [6.45, 7) is 0. The molecule has 7 heteroatoms. The van der Waals surface area contributed by atoms with E-state index in [4.69, 9.17) is 4.42 Å². The summed E-state index contributed by atoms with van der Waals surface area (Å²) in [6.07, 6.45) is 0. The van der Waals surface area contributed by atoms with Crippen LogP contribution in [0.15, 0.2) is 77.2 Å². The highest BCUT2D eigenvalue weighted by Crippen LogP contribution is 2.26. The number of nitro groups is 1. The van der Waals surface area contributed by atoms with Crippen molar-refractivity contribution >= 4 is 28.4 Å². The van der Waals surface area contributed by atoms with Gasteiger partial charge >= 0.3 is 0 Å². The van der Waals surface area contributed by atoms with Crippen LogP contribution in [0.1, 0.15) is 10.4 Å². The molecule has 1 heterocycles. The molecule has 0 bridgehead atoms. The summed E-state index contributed by atoms with van der Waals surface area (Å²) in [6, 6.07) is 20.0. The highest BCUT2D eigenvalue weighted by molar-refractivity contribution is 6.04. The van der Waals surface area contributed by atoms with Gasteiger partial charge in [-0.25, -0.2) is 4.98 Å². The zero-order valence-corrected chi connectivity index (χ0v) is 14.0. The zero-order chi connectivity index (χ0) is 18.8. The summed E-state index contributed by atoms with van der Waals surface area (Å²) in [7, 11) is 0. The van der Waals surface area contributed by atoms with Gasteiger partial charge in [-0.2, -0.15) is 0 Å². The third kappa shape index (κ3) is 3.38. The van der Waals surface area contributed by atoms with Crippen LogP contribution in [-0.2, 0) is 0 Å². The molecule has 1 N–H and O–H groups in total. The second-order valence-corrected chi connectivity index (χ2v) is 5.83. The molecule has 3 aromatic carbocycles. The number of nitro benzene ring substituents is 1. The van der Waals surface area contributed by atoms with Crippen LogP contribution in [0.4, 0.5) is 11.4 Å². The zero-order valence-electron chi connectivity index (χ0n) is 14.0. The summed E-state index contributed by atoms with van der Waals surface area (Å²) in [5.74, 6) is 0.0993. The SMILES string of the molecule is O=C(Nc1cccc(-c2nc3ccccc3o2)c1)c1ccc([N+](=O)[O-])cc1. The number of anilines is 1. The van der Waals surface area contributed by atoms with E-state index in [-0.39, 0.29) is 11.6 Å². The normalized spacial score (nSPS) is 10.7. The van der Waals surface area contributed by atoms with Crippen molar-refractivity contribution in [1.29, 1.82) is 0 Å². The van der Waals surface area contributed by atoms with Gasteiger partial charge in [0, 0.05) is 28.9 Å². The maximum absolute atomic E-state index is 12.4. The molecule has 1 aromatic heterocycles. The molecular formula is C20H13N3O4. The number of nitrogens with zero attached hydrogens (tertiary/aromatic N) is 2. The molecule has 0 spiro atoms. The number of hydrogen-bond donors (Lipinski definition) is 1. The Morgan fingerprint density at radius 2 is 1.78 bits per heavy atom. The van der Waals surface area contributed by atoms with E-state index in [2.05, 4.69) is 10.3 Å². The van der Waals surface area contributed by atoms with Crippen molar-refractivity contribution in [2.24, 2.45) is 0 Å². The van der Waals surface area contributed by atoms with Crippen LogP contribution in [-0.4, -0.2) is 15.8 Å². The first-order chi connectivity index (χ1) is 13.1. The van der Waals surface area contributed by atoms with Crippen molar-refractivity contribution < 1.29 is 14.1 Å². The number of hydrogen-bond acceptors (Lipinski definition) is 5. The van der Waals surface area contributed by atoms with Crippen molar-refractivity contribution in [2.45, 2.75) is 0 Å². The molecule has 0 saturated carbocycles. The Labute approximate surface area is 153 Å². The van der Waals surface area contributed by atoms with Gasteiger partial charge in [-0.1, -0.05) is 18.2 Å². The maximum Gasteiger partial charge on any atom is 0.269 e. The second kappa shape index (κ2) is 6.72. The van der Waals surface area contributed by atoms with E-state index < -0.39 is 4.92 Å². The average molecular weight is 359 g/mol. The Hall–Kier alpha value is -4.00. The summed E-state index contributed by atoms with van der Waals surface area (Å²) in [5.41, 5.74) is 3.00. The number of oxazole rings is 1. The van der Waals surface area contributed by atoms with Crippen LogP contribution >= 0.6 is 0 Å². The minimum Gasteiger partial charge on any atom is -0.436 e. The fourth-order valence-corrected chi connectivity index (χ4v) is 2.66. The highest BCUT2D eigenvalue weighted by Gasteiger charge is 2.12. The molecule has 4 aromatic rings. The van der Waals surface area contributed by atoms with Crippen molar-refractivity contribution in [1.82, 2.24) is 4.98 Å². The number of carbonyl (C=O) groups excluding carboxylic acids is 1. The van der Waals surface area contributed by atoms with Crippen LogP contribution in [0.3, 0.4) is 0 Å². The van der Waals surface area contributed by atoms with Gasteiger partial charge in [0.25, 0.3) is 11.6 Å². The third-order valence-electron chi connectivity index (χ3n) is 4.00. The fourth-order valence-electron chi connectivity index (χ4n) is 2.66. The number of para-hydroxylation sites is 2. The van der Waals surface area contributed by atoms with E-state index in [1.165, 1.54) is 24.3 Å². The van der Waals surface area contributed by atoms with Crippen molar-refractivity contribution in [3.8, 4) is 11.5 Å². The Kier molecular flexibility index (Phi) is 4.10. The minimum atomic E-state index is -0.508. The van der Waals surface area contributed by atoms with Crippen molar-refractivity contribution in [3.05, 3.63) is 88.5 Å². The van der Waals surface area contributed by atoms with Gasteiger partial charge in [-0.05, 0) is 42.5 Å². The summed E-state index contributed by atoms with van der Waals surface area (Å²) in [5, 5.41) is 13.5. The van der Waals surface area contributed by atoms with E-state index in [0.717, 1.165) is 11.1 Å². The van der Waals surface area contributed by atoms with E-state index in [1.807, 2.05) is 30.3 Å². The number of rotatable bonds is 4. The Morgan fingerprint density at radius 1 is 1.00 bits per heavy atom. The van der Waals surface area contributed by atoms with Crippen LogP contribution in [0.5, 0.6) is 0 Å². The van der Waals surface area contributed by atoms with E-state index in [0.29, 0.717) is 22.7 Å². The van der Waals surface area contributed by atoms with Crippen molar-refractivity contribution in [3.63, 3.8) is 0 Å². The van der Waals surface area contributed by atoms with Crippen LogP contribution in [0.2, 0.25) is 0 Å². The molecule has 4 rings (SSSR count). The number of nitrogens with one attached hydrogen (secondary N) is 1. The van der Waals surface area contributed by atoms with Gasteiger partial charge < -0.3 is 9.73 Å². The molecule has 27 heavy (non-hydrogen) atoms. The number of non-ortho nitro benzene ring substituents is 1. The predicted molar refractivity (Wildman–Crippen MR) is 100 cm³/mol. The largest absolute Gasteiger partial charge is 0.436 e. The van der Waals surface area contributed by atoms with Crippen LogP contribution in [0, 0.1) is 10.1 Å². The van der Waals surface area contributed by atoms with Gasteiger partial charge in [0.2, 0.25) is 5.89 Å². The lowest BCUT2D eigenvalue weighted by Crippen LogP contribution is -2.11. The van der Waals surface area contributed by atoms with Crippen LogP contribution < -0.4 is 5.32 Å². The lowest BCUT2D eigenvalue weighted by molar-refractivity contribution is -0.384. The van der Waals surface area contributed by atoms with E-state index >= 15 is 0 Å². The molecule has 0 aliphatic carbocycles. The first-order valence-electron chi connectivity index (χ1n) is 8.12. The topological polar surface area (TPSA) is 98.3 Å². The molecule has 0 fully saturated rings. The molecule has 0 aliphatic heterocycles. The first kappa shape index (κ1) is 16.5. The lowest BCUT2D eigenvalue weighted by Gasteiger charge is -2.06. The number of aromatic nitrogens is 1. The summed E-state index contributed by atoms with van der Waals surface area (Å²) >= 11 is 0. The molecule has 0 aliphatic rings. The second-order valence-electron chi connectivity index (χ2n) is 5.83.